The van der Waals surface area contributed by atoms with Crippen LogP contribution in [0, 0.1) is 6.92 Å². The van der Waals surface area contributed by atoms with Crippen LogP contribution in [0.15, 0.2) is 30.5 Å². The van der Waals surface area contributed by atoms with E-state index >= 15 is 0 Å². The van der Waals surface area contributed by atoms with Crippen LogP contribution in [0.3, 0.4) is 0 Å². The van der Waals surface area contributed by atoms with Crippen molar-refractivity contribution in [3.63, 3.8) is 0 Å². The van der Waals surface area contributed by atoms with Gasteiger partial charge in [-0.05, 0) is 45.4 Å². The van der Waals surface area contributed by atoms with Gasteiger partial charge in [-0.2, -0.15) is 0 Å². The molecule has 110 valence electrons. The zero-order chi connectivity index (χ0) is 15.6. The lowest BCUT2D eigenvalue weighted by Crippen LogP contribution is -2.23. The van der Waals surface area contributed by atoms with Crippen LogP contribution in [0.5, 0.6) is 0 Å². The molecule has 0 atom stereocenters. The molecule has 0 saturated heterocycles. The number of rotatable bonds is 2. The first-order valence-electron chi connectivity index (χ1n) is 6.69. The van der Waals surface area contributed by atoms with Crippen molar-refractivity contribution in [3.05, 3.63) is 41.6 Å². The maximum absolute atomic E-state index is 12.0. The zero-order valence-electron chi connectivity index (χ0n) is 12.7. The number of aromatic nitrogens is 2. The number of nitrogens with zero attached hydrogens (tertiary/aromatic N) is 2. The summed E-state index contributed by atoms with van der Waals surface area (Å²) >= 11 is 0. The summed E-state index contributed by atoms with van der Waals surface area (Å²) in [4.78, 5) is 20.1. The maximum Gasteiger partial charge on any atom is 0.338 e. The van der Waals surface area contributed by atoms with E-state index in [0.29, 0.717) is 5.56 Å². The fraction of sp³-hybridized carbons (Fsp3) is 0.312. The minimum absolute atomic E-state index is 0.229. The SMILES string of the molecule is Cc1cnc(N)nc1-c1ccc(C(=O)OC(C)(C)C)cc1. The first kappa shape index (κ1) is 15.0. The van der Waals surface area contributed by atoms with Gasteiger partial charge in [-0.25, -0.2) is 14.8 Å². The summed E-state index contributed by atoms with van der Waals surface area (Å²) in [5.41, 5.74) is 8.19. The monoisotopic (exact) mass is 285 g/mol. The molecule has 0 aliphatic rings. The van der Waals surface area contributed by atoms with Gasteiger partial charge in [0.2, 0.25) is 5.95 Å². The van der Waals surface area contributed by atoms with Gasteiger partial charge in [0.15, 0.2) is 0 Å². The summed E-state index contributed by atoms with van der Waals surface area (Å²) in [6.45, 7) is 7.43. The molecule has 1 heterocycles. The average molecular weight is 285 g/mol. The first-order valence-corrected chi connectivity index (χ1v) is 6.69. The third-order valence-electron chi connectivity index (χ3n) is 2.78. The number of hydrogen-bond acceptors (Lipinski definition) is 5. The van der Waals surface area contributed by atoms with Crippen molar-refractivity contribution < 1.29 is 9.53 Å². The van der Waals surface area contributed by atoms with Crippen molar-refractivity contribution in [2.45, 2.75) is 33.3 Å². The van der Waals surface area contributed by atoms with Gasteiger partial charge in [0.25, 0.3) is 0 Å². The van der Waals surface area contributed by atoms with Gasteiger partial charge in [-0.3, -0.25) is 0 Å². The number of nitrogens with two attached hydrogens (primary N) is 1. The molecule has 0 saturated carbocycles. The zero-order valence-corrected chi connectivity index (χ0v) is 12.7. The largest absolute Gasteiger partial charge is 0.456 e. The molecule has 0 fully saturated rings. The Balaban J connectivity index is 2.27. The lowest BCUT2D eigenvalue weighted by atomic mass is 10.1. The molecule has 5 heteroatoms. The highest BCUT2D eigenvalue weighted by Crippen LogP contribution is 2.22. The van der Waals surface area contributed by atoms with Crippen LogP contribution in [-0.2, 0) is 4.74 Å². The van der Waals surface area contributed by atoms with Gasteiger partial charge in [0.1, 0.15) is 5.60 Å². The van der Waals surface area contributed by atoms with E-state index in [2.05, 4.69) is 9.97 Å². The molecule has 2 aromatic rings. The lowest BCUT2D eigenvalue weighted by molar-refractivity contribution is 0.00696. The Morgan fingerprint density at radius 1 is 1.19 bits per heavy atom. The summed E-state index contributed by atoms with van der Waals surface area (Å²) in [5.74, 6) is -0.111. The normalized spacial score (nSPS) is 11.2. The van der Waals surface area contributed by atoms with Crippen LogP contribution >= 0.6 is 0 Å². The molecule has 2 N–H and O–H groups in total. The van der Waals surface area contributed by atoms with Gasteiger partial charge in [-0.1, -0.05) is 12.1 Å². The van der Waals surface area contributed by atoms with E-state index in [1.54, 1.807) is 18.3 Å². The molecule has 0 aliphatic carbocycles. The van der Waals surface area contributed by atoms with E-state index in [1.165, 1.54) is 0 Å². The molecule has 21 heavy (non-hydrogen) atoms. The second-order valence-corrected chi connectivity index (χ2v) is 5.84. The lowest BCUT2D eigenvalue weighted by Gasteiger charge is -2.19. The van der Waals surface area contributed by atoms with Gasteiger partial charge < -0.3 is 10.5 Å². The third kappa shape index (κ3) is 3.78. The number of esters is 1. The maximum atomic E-state index is 12.0. The quantitative estimate of drug-likeness (QED) is 0.858. The molecular formula is C16H19N3O2. The minimum atomic E-state index is -0.506. The van der Waals surface area contributed by atoms with Crippen molar-refractivity contribution in [3.8, 4) is 11.3 Å². The van der Waals surface area contributed by atoms with Crippen LogP contribution in [0.1, 0.15) is 36.7 Å². The predicted octanol–water partition coefficient (Wildman–Crippen LogP) is 2.99. The Labute approximate surface area is 124 Å². The molecule has 0 spiro atoms. The Morgan fingerprint density at radius 3 is 2.38 bits per heavy atom. The molecular weight excluding hydrogens is 266 g/mol. The molecule has 1 aromatic heterocycles. The fourth-order valence-electron chi connectivity index (χ4n) is 1.85. The molecule has 0 aliphatic heterocycles. The number of nitrogen functional groups attached to an aromatic ring is 1. The highest BCUT2D eigenvalue weighted by molar-refractivity contribution is 5.90. The molecule has 0 bridgehead atoms. The highest BCUT2D eigenvalue weighted by Gasteiger charge is 2.17. The molecule has 2 rings (SSSR count). The number of carbonyl (C=O) groups excluding carboxylic acids is 1. The molecule has 0 radical (unpaired) electrons. The number of ether oxygens (including phenoxy) is 1. The van der Waals surface area contributed by atoms with E-state index in [9.17, 15) is 4.79 Å². The van der Waals surface area contributed by atoms with E-state index in [4.69, 9.17) is 10.5 Å². The number of anilines is 1. The van der Waals surface area contributed by atoms with Gasteiger partial charge in [-0.15, -0.1) is 0 Å². The van der Waals surface area contributed by atoms with Crippen molar-refractivity contribution in [1.82, 2.24) is 9.97 Å². The van der Waals surface area contributed by atoms with E-state index in [1.807, 2.05) is 39.8 Å². The molecule has 5 nitrogen and oxygen atoms in total. The van der Waals surface area contributed by atoms with E-state index in [0.717, 1.165) is 16.8 Å². The van der Waals surface area contributed by atoms with Gasteiger partial charge >= 0.3 is 5.97 Å². The standard InChI is InChI=1S/C16H19N3O2/c1-10-9-18-15(17)19-13(10)11-5-7-12(8-6-11)14(20)21-16(2,3)4/h5-9H,1-4H3,(H2,17,18,19). The Morgan fingerprint density at radius 2 is 1.81 bits per heavy atom. The van der Waals surface area contributed by atoms with Crippen LogP contribution < -0.4 is 5.73 Å². The van der Waals surface area contributed by atoms with Gasteiger partial charge in [0, 0.05) is 11.8 Å². The van der Waals surface area contributed by atoms with Crippen molar-refractivity contribution in [1.29, 1.82) is 0 Å². The fourth-order valence-corrected chi connectivity index (χ4v) is 1.85. The number of aryl methyl sites for hydroxylation is 1. The second kappa shape index (κ2) is 5.52. The number of carbonyl (C=O) groups is 1. The summed E-state index contributed by atoms with van der Waals surface area (Å²) in [6.07, 6.45) is 1.68. The summed E-state index contributed by atoms with van der Waals surface area (Å²) in [6, 6.07) is 7.10. The number of hydrogen-bond donors (Lipinski definition) is 1. The Hall–Kier alpha value is -2.43. The van der Waals surface area contributed by atoms with Crippen molar-refractivity contribution in [2.75, 3.05) is 5.73 Å². The van der Waals surface area contributed by atoms with Crippen molar-refractivity contribution in [2.24, 2.45) is 0 Å². The average Bonchev–Trinajstić information content (AvgIpc) is 2.40. The molecule has 0 unspecified atom stereocenters. The smallest absolute Gasteiger partial charge is 0.338 e. The summed E-state index contributed by atoms with van der Waals surface area (Å²) < 4.78 is 5.33. The van der Waals surface area contributed by atoms with Crippen LogP contribution in [0.4, 0.5) is 5.95 Å². The molecule has 1 aromatic carbocycles. The first-order chi connectivity index (χ1) is 9.76. The predicted molar refractivity (Wildman–Crippen MR) is 81.8 cm³/mol. The Kier molecular flexibility index (Phi) is 3.93. The van der Waals surface area contributed by atoms with Crippen molar-refractivity contribution >= 4 is 11.9 Å². The van der Waals surface area contributed by atoms with E-state index in [-0.39, 0.29) is 11.9 Å². The number of benzene rings is 1. The van der Waals surface area contributed by atoms with Gasteiger partial charge in [0.05, 0.1) is 11.3 Å². The summed E-state index contributed by atoms with van der Waals surface area (Å²) in [5, 5.41) is 0. The van der Waals surface area contributed by atoms with E-state index < -0.39 is 5.60 Å². The Bertz CT molecular complexity index is 658. The van der Waals surface area contributed by atoms with Crippen LogP contribution in [0.2, 0.25) is 0 Å². The van der Waals surface area contributed by atoms with Crippen LogP contribution in [-0.4, -0.2) is 21.5 Å². The van der Waals surface area contributed by atoms with Crippen LogP contribution in [0.25, 0.3) is 11.3 Å². The topological polar surface area (TPSA) is 78.1 Å². The third-order valence-corrected chi connectivity index (χ3v) is 2.78. The molecule has 0 amide bonds. The summed E-state index contributed by atoms with van der Waals surface area (Å²) in [7, 11) is 0. The highest BCUT2D eigenvalue weighted by atomic mass is 16.6. The second-order valence-electron chi connectivity index (χ2n) is 5.84. The minimum Gasteiger partial charge on any atom is -0.456 e.